The lowest BCUT2D eigenvalue weighted by Gasteiger charge is -2.09. The number of hydrazine groups is 1. The normalized spacial score (nSPS) is 10.2. The summed E-state index contributed by atoms with van der Waals surface area (Å²) in [5.74, 6) is -5.00. The highest BCUT2D eigenvalue weighted by atomic mass is 16.7. The Kier molecular flexibility index (Phi) is 4.36. The minimum absolute atomic E-state index is 1.16. The summed E-state index contributed by atoms with van der Waals surface area (Å²) >= 11 is 0. The predicted molar refractivity (Wildman–Crippen MR) is 49.6 cm³/mol. The van der Waals surface area contributed by atoms with Crippen LogP contribution >= 0.6 is 0 Å². The Balaban J connectivity index is 4.99. The van der Waals surface area contributed by atoms with E-state index < -0.39 is 38.1 Å². The molecule has 0 saturated carbocycles. The van der Waals surface area contributed by atoms with Crippen LogP contribution in [-0.4, -0.2) is 38.1 Å². The van der Waals surface area contributed by atoms with Crippen LogP contribution in [-0.2, 0) is 0 Å². The van der Waals surface area contributed by atoms with Gasteiger partial charge in [0, 0.05) is 0 Å². The van der Waals surface area contributed by atoms with Gasteiger partial charge in [-0.1, -0.05) is 5.43 Å². The number of nitrogens with zero attached hydrogens (tertiary/aromatic N) is 4. The highest BCUT2D eigenvalue weighted by Gasteiger charge is 2.70. The Morgan fingerprint density at radius 2 is 1.39 bits per heavy atom. The van der Waals surface area contributed by atoms with Crippen molar-refractivity contribution < 1.29 is 19.8 Å². The van der Waals surface area contributed by atoms with E-state index in [4.69, 9.17) is 5.41 Å². The van der Waals surface area contributed by atoms with E-state index in [1.54, 1.807) is 0 Å². The van der Waals surface area contributed by atoms with E-state index in [9.17, 15) is 40.5 Å². The Morgan fingerprint density at radius 3 is 1.67 bits per heavy atom. The fourth-order valence-electron chi connectivity index (χ4n) is 0.731. The lowest BCUT2D eigenvalue weighted by molar-refractivity contribution is -0.966. The Morgan fingerprint density at radius 1 is 1.00 bits per heavy atom. The third-order valence-electron chi connectivity index (χ3n) is 1.58. The van der Waals surface area contributed by atoms with Gasteiger partial charge in [0.05, 0.1) is 0 Å². The molecule has 0 aromatic heterocycles. The fourth-order valence-corrected chi connectivity index (χ4v) is 0.731. The zero-order valence-electron chi connectivity index (χ0n) is 8.26. The molecule has 15 nitrogen and oxygen atoms in total. The Labute approximate surface area is 95.8 Å². The molecule has 0 saturated heterocycles. The highest BCUT2D eigenvalue weighted by molar-refractivity contribution is 5.75. The predicted octanol–water partition coefficient (Wildman–Crippen LogP) is -2.22. The summed E-state index contributed by atoms with van der Waals surface area (Å²) < 4.78 is 0. The molecule has 3 N–H and O–H groups in total. The van der Waals surface area contributed by atoms with Gasteiger partial charge in [-0.25, -0.2) is 10.1 Å². The second-order valence-electron chi connectivity index (χ2n) is 2.64. The van der Waals surface area contributed by atoms with Crippen molar-refractivity contribution in [3.05, 3.63) is 40.5 Å². The van der Waals surface area contributed by atoms with Gasteiger partial charge in [-0.15, -0.1) is 0 Å². The van der Waals surface area contributed by atoms with Crippen LogP contribution in [0.1, 0.15) is 0 Å². The van der Waals surface area contributed by atoms with Gasteiger partial charge in [-0.2, -0.15) is 0 Å². The summed E-state index contributed by atoms with van der Waals surface area (Å²) in [6.45, 7) is -1.54. The second kappa shape index (κ2) is 5.27. The number of rotatable bonds is 6. The maximum absolute atomic E-state index is 10.4. The molecule has 0 heterocycles. The summed E-state index contributed by atoms with van der Waals surface area (Å²) in [5.41, 5.74) is 1.16. The van der Waals surface area contributed by atoms with Crippen LogP contribution in [0.2, 0.25) is 0 Å². The minimum atomic E-state index is -3.83. The number of hydrogen-bond acceptors (Lipinski definition) is 9. The summed E-state index contributed by atoms with van der Waals surface area (Å²) in [7, 11) is 0. The van der Waals surface area contributed by atoms with Gasteiger partial charge in [-0.05, 0) is 0 Å². The molecule has 0 bridgehead atoms. The van der Waals surface area contributed by atoms with Crippen molar-refractivity contribution in [1.82, 2.24) is 10.7 Å². The van der Waals surface area contributed by atoms with Crippen molar-refractivity contribution >= 4 is 5.96 Å². The average molecular weight is 267 g/mol. The third-order valence-corrected chi connectivity index (χ3v) is 1.58. The van der Waals surface area contributed by atoms with Gasteiger partial charge in [0.1, 0.15) is 0 Å². The van der Waals surface area contributed by atoms with Crippen LogP contribution in [0.5, 0.6) is 0 Å². The molecule has 0 amide bonds. The van der Waals surface area contributed by atoms with E-state index in [0.717, 1.165) is 5.43 Å². The first-order chi connectivity index (χ1) is 8.14. The summed E-state index contributed by atoms with van der Waals surface area (Å²) in [4.78, 5) is 35.7. The topological polar surface area (TPSA) is 220 Å². The maximum Gasteiger partial charge on any atom is 0.717 e. The molecule has 0 aliphatic rings. The molecule has 0 aromatic carbocycles. The maximum atomic E-state index is 10.4. The fraction of sp³-hybridized carbons (Fsp3) is 0.667. The van der Waals surface area contributed by atoms with Crippen molar-refractivity contribution in [3.8, 4) is 0 Å². The second-order valence-corrected chi connectivity index (χ2v) is 2.64. The highest BCUT2D eigenvalue weighted by Crippen LogP contribution is 2.10. The molecular formula is C3H5N7O8. The summed E-state index contributed by atoms with van der Waals surface area (Å²) in [6.07, 6.45) is 0. The molecular weight excluding hydrogens is 262 g/mol. The standard InChI is InChI=1S/C3H5N7O8/c4-2(6-10(17)18)5-1-3(7(11)12,8(13)14)9(15)16/h1H2,(H3,4,5,6). The quantitative estimate of drug-likeness (QED) is 0.154. The SMILES string of the molecule is N=C(NCC([N+](=O)[O-])([N+](=O)[O-])[N+](=O)[O-])N[N+](=O)[O-]. The zero-order chi connectivity index (χ0) is 14.5. The van der Waals surface area contributed by atoms with Crippen LogP contribution in [0.15, 0.2) is 0 Å². The van der Waals surface area contributed by atoms with Crippen molar-refractivity contribution in [3.63, 3.8) is 0 Å². The molecule has 15 heteroatoms. The van der Waals surface area contributed by atoms with Crippen molar-refractivity contribution in [2.24, 2.45) is 0 Å². The first-order valence-electron chi connectivity index (χ1n) is 3.81. The van der Waals surface area contributed by atoms with Crippen LogP contribution in [0.3, 0.4) is 0 Å². The van der Waals surface area contributed by atoms with Gasteiger partial charge in [0.2, 0.25) is 6.54 Å². The number of nitrogens with one attached hydrogen (secondary N) is 3. The molecule has 0 radical (unpaired) electrons. The van der Waals surface area contributed by atoms with Crippen molar-refractivity contribution in [2.45, 2.75) is 5.79 Å². The minimum Gasteiger partial charge on any atom is -0.331 e. The van der Waals surface area contributed by atoms with Gasteiger partial charge in [0.25, 0.3) is 5.96 Å². The Hall–Kier alpha value is -3.13. The van der Waals surface area contributed by atoms with E-state index >= 15 is 0 Å². The van der Waals surface area contributed by atoms with Gasteiger partial charge in [-0.3, -0.25) is 35.8 Å². The van der Waals surface area contributed by atoms with Crippen LogP contribution in [0, 0.1) is 45.9 Å². The van der Waals surface area contributed by atoms with E-state index in [2.05, 4.69) is 0 Å². The van der Waals surface area contributed by atoms with Crippen molar-refractivity contribution in [2.75, 3.05) is 6.54 Å². The first kappa shape index (κ1) is 14.9. The zero-order valence-corrected chi connectivity index (χ0v) is 8.26. The smallest absolute Gasteiger partial charge is 0.331 e. The monoisotopic (exact) mass is 267 g/mol. The van der Waals surface area contributed by atoms with Crippen LogP contribution in [0.4, 0.5) is 0 Å². The van der Waals surface area contributed by atoms with Crippen LogP contribution < -0.4 is 10.7 Å². The van der Waals surface area contributed by atoms with Crippen molar-refractivity contribution in [1.29, 1.82) is 5.41 Å². The molecule has 0 aliphatic carbocycles. The van der Waals surface area contributed by atoms with E-state index in [1.807, 2.05) is 0 Å². The number of nitro groups is 4. The third kappa shape index (κ3) is 2.93. The molecule has 0 unspecified atom stereocenters. The average Bonchev–Trinajstić information content (AvgIpc) is 2.15. The molecule has 0 spiro atoms. The molecule has 0 aliphatic heterocycles. The van der Waals surface area contributed by atoms with Gasteiger partial charge in [0.15, 0.2) is 19.8 Å². The summed E-state index contributed by atoms with van der Waals surface area (Å²) in [5, 5.41) is 48.1. The number of guanidine groups is 1. The van der Waals surface area contributed by atoms with Gasteiger partial charge < -0.3 is 5.32 Å². The largest absolute Gasteiger partial charge is 0.717 e. The molecule has 0 atom stereocenters. The molecule has 0 aromatic rings. The van der Waals surface area contributed by atoms with E-state index in [-0.39, 0.29) is 0 Å². The lowest BCUT2D eigenvalue weighted by Crippen LogP contribution is -2.61. The molecule has 100 valence electrons. The Bertz CT molecular complexity index is 381. The van der Waals surface area contributed by atoms with E-state index in [0.29, 0.717) is 0 Å². The van der Waals surface area contributed by atoms with E-state index in [1.165, 1.54) is 5.32 Å². The lowest BCUT2D eigenvalue weighted by atomic mass is 10.4. The number of hydrogen-bond donors (Lipinski definition) is 3. The molecule has 0 fully saturated rings. The molecule has 0 rings (SSSR count). The van der Waals surface area contributed by atoms with Crippen LogP contribution in [0.25, 0.3) is 0 Å². The first-order valence-corrected chi connectivity index (χ1v) is 3.81. The van der Waals surface area contributed by atoms with Gasteiger partial charge >= 0.3 is 5.79 Å². The summed E-state index contributed by atoms with van der Waals surface area (Å²) in [6, 6.07) is 0. The molecule has 18 heavy (non-hydrogen) atoms.